The number of hydrogen-bond donors (Lipinski definition) is 1. The maximum Gasteiger partial charge on any atom is 0.139 e. The Labute approximate surface area is 101 Å². The van der Waals surface area contributed by atoms with E-state index in [0.29, 0.717) is 0 Å². The first-order valence-corrected chi connectivity index (χ1v) is 5.90. The van der Waals surface area contributed by atoms with Gasteiger partial charge >= 0.3 is 0 Å². The minimum atomic E-state index is 0.744. The Hall–Kier alpha value is -0.990. The molecule has 3 heteroatoms. The van der Waals surface area contributed by atoms with Crippen molar-refractivity contribution in [3.8, 4) is 0 Å². The van der Waals surface area contributed by atoms with Crippen LogP contribution in [-0.4, -0.2) is 7.05 Å². The van der Waals surface area contributed by atoms with Gasteiger partial charge in [0, 0.05) is 10.9 Å². The monoisotopic (exact) mass is 237 g/mol. The van der Waals surface area contributed by atoms with E-state index in [0.717, 1.165) is 40.3 Å². The van der Waals surface area contributed by atoms with Gasteiger partial charge in [-0.15, -0.1) is 0 Å². The van der Waals surface area contributed by atoms with Gasteiger partial charge in [0.1, 0.15) is 11.3 Å². The van der Waals surface area contributed by atoms with Gasteiger partial charge in [-0.1, -0.05) is 24.6 Å². The smallest absolute Gasteiger partial charge is 0.139 e. The summed E-state index contributed by atoms with van der Waals surface area (Å²) in [6.07, 6.45) is 0.938. The van der Waals surface area contributed by atoms with Crippen LogP contribution in [0.1, 0.15) is 23.8 Å². The zero-order valence-electron chi connectivity index (χ0n) is 9.86. The molecule has 1 heterocycles. The maximum atomic E-state index is 6.25. The number of nitrogens with one attached hydrogen (secondary N) is 1. The molecule has 0 aliphatic carbocycles. The third kappa shape index (κ3) is 1.72. The Balaban J connectivity index is 2.76. The molecule has 0 bridgehead atoms. The molecule has 0 unspecified atom stereocenters. The Bertz CT molecular complexity index is 516. The summed E-state index contributed by atoms with van der Waals surface area (Å²) in [5.41, 5.74) is 3.28. The number of benzene rings is 1. The molecule has 0 amide bonds. The second-order valence-corrected chi connectivity index (χ2v) is 4.36. The van der Waals surface area contributed by atoms with Gasteiger partial charge < -0.3 is 9.73 Å². The third-order valence-corrected chi connectivity index (χ3v) is 3.17. The molecular weight excluding hydrogens is 222 g/mol. The number of aryl methyl sites for hydroxylation is 2. The standard InChI is InChI=1S/C13H16ClNO/c1-4-9-11(7-15-3)16-13-8(2)5-6-10(14)12(9)13/h5-6,15H,4,7H2,1-3H3. The lowest BCUT2D eigenvalue weighted by atomic mass is 10.1. The number of furan rings is 1. The van der Waals surface area contributed by atoms with Crippen molar-refractivity contribution in [3.63, 3.8) is 0 Å². The fourth-order valence-electron chi connectivity index (χ4n) is 2.08. The molecule has 16 heavy (non-hydrogen) atoms. The second-order valence-electron chi connectivity index (χ2n) is 3.96. The molecule has 0 saturated heterocycles. The summed E-state index contributed by atoms with van der Waals surface area (Å²) < 4.78 is 5.90. The molecule has 1 aromatic heterocycles. The summed E-state index contributed by atoms with van der Waals surface area (Å²) in [5.74, 6) is 0.996. The highest BCUT2D eigenvalue weighted by atomic mass is 35.5. The Kier molecular flexibility index (Phi) is 3.22. The largest absolute Gasteiger partial charge is 0.459 e. The van der Waals surface area contributed by atoms with E-state index in [-0.39, 0.29) is 0 Å². The minimum absolute atomic E-state index is 0.744. The summed E-state index contributed by atoms with van der Waals surface area (Å²) in [4.78, 5) is 0. The van der Waals surface area contributed by atoms with Crippen LogP contribution < -0.4 is 5.32 Å². The van der Waals surface area contributed by atoms with E-state index >= 15 is 0 Å². The van der Waals surface area contributed by atoms with Crippen LogP contribution in [0.2, 0.25) is 5.02 Å². The third-order valence-electron chi connectivity index (χ3n) is 2.86. The van der Waals surface area contributed by atoms with Gasteiger partial charge in [-0.05, 0) is 32.0 Å². The lowest BCUT2D eigenvalue weighted by Crippen LogP contribution is -2.05. The van der Waals surface area contributed by atoms with E-state index in [4.69, 9.17) is 16.0 Å². The molecule has 1 N–H and O–H groups in total. The van der Waals surface area contributed by atoms with E-state index < -0.39 is 0 Å². The van der Waals surface area contributed by atoms with Gasteiger partial charge in [0.25, 0.3) is 0 Å². The average molecular weight is 238 g/mol. The molecule has 0 fully saturated rings. The van der Waals surface area contributed by atoms with E-state index in [1.165, 1.54) is 5.56 Å². The molecule has 2 nitrogen and oxygen atoms in total. The van der Waals surface area contributed by atoms with Crippen LogP contribution in [0, 0.1) is 6.92 Å². The molecule has 0 spiro atoms. The quantitative estimate of drug-likeness (QED) is 0.881. The zero-order chi connectivity index (χ0) is 11.7. The van der Waals surface area contributed by atoms with E-state index in [1.807, 2.05) is 26.1 Å². The molecule has 0 aliphatic heterocycles. The van der Waals surface area contributed by atoms with Crippen LogP contribution >= 0.6 is 11.6 Å². The van der Waals surface area contributed by atoms with Crippen molar-refractivity contribution >= 4 is 22.6 Å². The highest BCUT2D eigenvalue weighted by Gasteiger charge is 2.16. The molecule has 2 aromatic rings. The second kappa shape index (κ2) is 4.48. The van der Waals surface area contributed by atoms with Crippen LogP contribution in [0.25, 0.3) is 11.0 Å². The van der Waals surface area contributed by atoms with Crippen LogP contribution in [0.4, 0.5) is 0 Å². The molecule has 0 saturated carbocycles. The minimum Gasteiger partial charge on any atom is -0.459 e. The maximum absolute atomic E-state index is 6.25. The van der Waals surface area contributed by atoms with Gasteiger partial charge in [-0.2, -0.15) is 0 Å². The average Bonchev–Trinajstić information content (AvgIpc) is 2.64. The number of halogens is 1. The van der Waals surface area contributed by atoms with Gasteiger partial charge in [0.15, 0.2) is 0 Å². The molecule has 0 radical (unpaired) electrons. The number of hydrogen-bond acceptors (Lipinski definition) is 2. The normalized spacial score (nSPS) is 11.2. The first-order valence-electron chi connectivity index (χ1n) is 5.53. The summed E-state index contributed by atoms with van der Waals surface area (Å²) in [6.45, 7) is 4.92. The Morgan fingerprint density at radius 2 is 2.12 bits per heavy atom. The van der Waals surface area contributed by atoms with Crippen LogP contribution in [0.15, 0.2) is 16.5 Å². The topological polar surface area (TPSA) is 25.2 Å². The van der Waals surface area contributed by atoms with Gasteiger partial charge in [0.2, 0.25) is 0 Å². The highest BCUT2D eigenvalue weighted by Crippen LogP contribution is 2.34. The van der Waals surface area contributed by atoms with Gasteiger partial charge in [-0.3, -0.25) is 0 Å². The first-order chi connectivity index (χ1) is 7.69. The SMILES string of the molecule is CCc1c(CNC)oc2c(C)ccc(Cl)c12. The van der Waals surface area contributed by atoms with Crippen LogP contribution in [0.3, 0.4) is 0 Å². The fraction of sp³-hybridized carbons (Fsp3) is 0.385. The molecule has 0 atom stereocenters. The highest BCUT2D eigenvalue weighted by molar-refractivity contribution is 6.35. The molecule has 1 aromatic carbocycles. The van der Waals surface area contributed by atoms with Crippen molar-refractivity contribution in [2.24, 2.45) is 0 Å². The predicted molar refractivity (Wildman–Crippen MR) is 68.1 cm³/mol. The summed E-state index contributed by atoms with van der Waals surface area (Å²) in [6, 6.07) is 3.94. The fourth-order valence-corrected chi connectivity index (χ4v) is 2.34. The van der Waals surface area contributed by atoms with Crippen molar-refractivity contribution in [3.05, 3.63) is 34.0 Å². The lowest BCUT2D eigenvalue weighted by Gasteiger charge is -1.99. The Morgan fingerprint density at radius 3 is 2.75 bits per heavy atom. The van der Waals surface area contributed by atoms with Crippen molar-refractivity contribution in [1.29, 1.82) is 0 Å². The molecule has 0 aliphatic rings. The van der Waals surface area contributed by atoms with Gasteiger partial charge in [0.05, 0.1) is 11.6 Å². The van der Waals surface area contributed by atoms with E-state index in [2.05, 4.69) is 12.2 Å². The summed E-state index contributed by atoms with van der Waals surface area (Å²) >= 11 is 6.25. The molecular formula is C13H16ClNO. The first kappa shape index (κ1) is 11.5. The summed E-state index contributed by atoms with van der Waals surface area (Å²) in [7, 11) is 1.92. The number of rotatable bonds is 3. The Morgan fingerprint density at radius 1 is 1.38 bits per heavy atom. The van der Waals surface area contributed by atoms with Crippen molar-refractivity contribution < 1.29 is 4.42 Å². The van der Waals surface area contributed by atoms with Crippen LogP contribution in [-0.2, 0) is 13.0 Å². The summed E-state index contributed by atoms with van der Waals surface area (Å²) in [5, 5.41) is 4.98. The van der Waals surface area contributed by atoms with Crippen molar-refractivity contribution in [1.82, 2.24) is 5.32 Å². The van der Waals surface area contributed by atoms with E-state index in [9.17, 15) is 0 Å². The predicted octanol–water partition coefficient (Wildman–Crippen LogP) is 3.68. The van der Waals surface area contributed by atoms with Crippen molar-refractivity contribution in [2.45, 2.75) is 26.8 Å². The molecule has 86 valence electrons. The van der Waals surface area contributed by atoms with Gasteiger partial charge in [-0.25, -0.2) is 0 Å². The van der Waals surface area contributed by atoms with Crippen LogP contribution in [0.5, 0.6) is 0 Å². The zero-order valence-corrected chi connectivity index (χ0v) is 10.6. The van der Waals surface area contributed by atoms with Crippen molar-refractivity contribution in [2.75, 3.05) is 7.05 Å². The lowest BCUT2D eigenvalue weighted by molar-refractivity contribution is 0.523. The van der Waals surface area contributed by atoms with E-state index in [1.54, 1.807) is 0 Å². The molecule has 2 rings (SSSR count). The number of fused-ring (bicyclic) bond motifs is 1.